The third-order valence-corrected chi connectivity index (χ3v) is 6.37. The molecule has 3 rings (SSSR count). The van der Waals surface area contributed by atoms with Crippen molar-refractivity contribution in [3.63, 3.8) is 0 Å². The van der Waals surface area contributed by atoms with Crippen LogP contribution in [0.25, 0.3) is 0 Å². The number of benzene rings is 1. The Balaban J connectivity index is 1.62. The van der Waals surface area contributed by atoms with Crippen molar-refractivity contribution >= 4 is 27.3 Å². The Morgan fingerprint density at radius 2 is 1.70 bits per heavy atom. The van der Waals surface area contributed by atoms with Gasteiger partial charge in [0.05, 0.1) is 5.75 Å². The quantitative estimate of drug-likeness (QED) is 0.818. The van der Waals surface area contributed by atoms with Gasteiger partial charge in [0.15, 0.2) is 11.6 Å². The fourth-order valence-electron chi connectivity index (χ4n) is 3.28. The highest BCUT2D eigenvalue weighted by Gasteiger charge is 2.20. The molecule has 0 radical (unpaired) electrons. The van der Waals surface area contributed by atoms with E-state index in [9.17, 15) is 8.42 Å². The molecular weight excluding hydrogens is 362 g/mol. The number of nitrogens with one attached hydrogen (secondary N) is 1. The molecule has 27 heavy (non-hydrogen) atoms. The summed E-state index contributed by atoms with van der Waals surface area (Å²) in [5.74, 6) is 1.12. The lowest BCUT2D eigenvalue weighted by Gasteiger charge is -2.37. The monoisotopic (exact) mass is 389 g/mol. The number of aromatic nitrogens is 2. The summed E-state index contributed by atoms with van der Waals surface area (Å²) in [5, 5.41) is 8.24. The number of sulfonamides is 1. The van der Waals surface area contributed by atoms with Crippen LogP contribution < -0.4 is 14.5 Å². The first kappa shape index (κ1) is 19.4. The molecule has 1 aromatic heterocycles. The average Bonchev–Trinajstić information content (AvgIpc) is 2.64. The molecule has 0 spiro atoms. The first-order valence-corrected chi connectivity index (χ1v) is 10.9. The molecule has 0 atom stereocenters. The minimum Gasteiger partial charge on any atom is -0.368 e. The summed E-state index contributed by atoms with van der Waals surface area (Å²) >= 11 is 0. The van der Waals surface area contributed by atoms with Crippen LogP contribution in [0.1, 0.15) is 24.5 Å². The molecule has 2 aromatic rings. The van der Waals surface area contributed by atoms with Gasteiger partial charge in [-0.3, -0.25) is 4.72 Å². The molecule has 0 bridgehead atoms. The maximum atomic E-state index is 11.8. The zero-order chi connectivity index (χ0) is 19.4. The van der Waals surface area contributed by atoms with E-state index in [1.807, 2.05) is 13.0 Å². The summed E-state index contributed by atoms with van der Waals surface area (Å²) < 4.78 is 26.1. The van der Waals surface area contributed by atoms with Crippen molar-refractivity contribution in [2.45, 2.75) is 27.2 Å². The molecule has 1 saturated heterocycles. The van der Waals surface area contributed by atoms with E-state index in [0.29, 0.717) is 6.42 Å². The van der Waals surface area contributed by atoms with Crippen LogP contribution in [-0.4, -0.2) is 50.5 Å². The van der Waals surface area contributed by atoms with Crippen LogP contribution in [0, 0.1) is 13.8 Å². The number of nitrogens with zero attached hydrogens (tertiary/aromatic N) is 4. The Bertz CT molecular complexity index is 875. The van der Waals surface area contributed by atoms with Crippen LogP contribution in [0.2, 0.25) is 0 Å². The maximum absolute atomic E-state index is 11.8. The molecule has 1 aliphatic rings. The average molecular weight is 390 g/mol. The predicted octanol–water partition coefficient (Wildman–Crippen LogP) is 2.57. The van der Waals surface area contributed by atoms with Gasteiger partial charge in [0.2, 0.25) is 10.0 Å². The van der Waals surface area contributed by atoms with Crippen LogP contribution in [0.15, 0.2) is 30.3 Å². The van der Waals surface area contributed by atoms with Gasteiger partial charge in [-0.25, -0.2) is 8.42 Å². The van der Waals surface area contributed by atoms with Crippen molar-refractivity contribution in [1.29, 1.82) is 0 Å². The van der Waals surface area contributed by atoms with Crippen LogP contribution in [-0.2, 0) is 10.0 Å². The number of piperazine rings is 1. The summed E-state index contributed by atoms with van der Waals surface area (Å²) in [6.07, 6.45) is 0.561. The van der Waals surface area contributed by atoms with E-state index in [2.05, 4.69) is 56.8 Å². The number of aryl methyl sites for hydroxylation is 1. The molecule has 0 amide bonds. The molecule has 0 unspecified atom stereocenters. The second-order valence-corrected chi connectivity index (χ2v) is 8.73. The Labute approximate surface area is 161 Å². The minimum absolute atomic E-state index is 0.0801. The van der Waals surface area contributed by atoms with E-state index in [0.717, 1.165) is 32.0 Å². The van der Waals surface area contributed by atoms with Gasteiger partial charge in [-0.15, -0.1) is 10.2 Å². The van der Waals surface area contributed by atoms with Gasteiger partial charge in [0, 0.05) is 31.9 Å². The van der Waals surface area contributed by atoms with Crippen molar-refractivity contribution in [1.82, 2.24) is 10.2 Å². The van der Waals surface area contributed by atoms with Gasteiger partial charge in [0.1, 0.15) is 0 Å². The van der Waals surface area contributed by atoms with Crippen LogP contribution in [0.4, 0.5) is 17.3 Å². The molecule has 7 nitrogen and oxygen atoms in total. The standard InChI is InChI=1S/C19H27N5O2S/c1-4-14-27(25,26)22-18-8-9-19(21-20-18)24-12-10-23(11-13-24)17-7-5-6-15(2)16(17)3/h5-9H,4,10-14H2,1-3H3,(H,20,22). The van der Waals surface area contributed by atoms with E-state index in [1.54, 1.807) is 6.07 Å². The SMILES string of the molecule is CCCS(=O)(=O)Nc1ccc(N2CCN(c3cccc(C)c3C)CC2)nn1. The molecule has 1 fully saturated rings. The highest BCUT2D eigenvalue weighted by atomic mass is 32.2. The number of anilines is 3. The van der Waals surface area contributed by atoms with Gasteiger partial charge in [-0.05, 0) is 49.6 Å². The molecule has 1 aliphatic heterocycles. The van der Waals surface area contributed by atoms with Crippen molar-refractivity contribution in [3.05, 3.63) is 41.5 Å². The zero-order valence-electron chi connectivity index (χ0n) is 16.1. The summed E-state index contributed by atoms with van der Waals surface area (Å²) in [6.45, 7) is 9.66. The van der Waals surface area contributed by atoms with Gasteiger partial charge in [-0.1, -0.05) is 19.1 Å². The molecule has 0 aliphatic carbocycles. The lowest BCUT2D eigenvalue weighted by molar-refractivity contribution is 0.599. The van der Waals surface area contributed by atoms with E-state index in [4.69, 9.17) is 0 Å². The molecule has 2 heterocycles. The van der Waals surface area contributed by atoms with Crippen LogP contribution in [0.5, 0.6) is 0 Å². The van der Waals surface area contributed by atoms with Gasteiger partial charge in [-0.2, -0.15) is 0 Å². The lowest BCUT2D eigenvalue weighted by Crippen LogP contribution is -2.47. The Morgan fingerprint density at radius 3 is 2.33 bits per heavy atom. The molecule has 146 valence electrons. The van der Waals surface area contributed by atoms with E-state index >= 15 is 0 Å². The molecule has 1 aromatic carbocycles. The summed E-state index contributed by atoms with van der Waals surface area (Å²) in [5.41, 5.74) is 3.93. The summed E-state index contributed by atoms with van der Waals surface area (Å²) in [4.78, 5) is 4.58. The lowest BCUT2D eigenvalue weighted by atomic mass is 10.1. The van der Waals surface area contributed by atoms with Crippen molar-refractivity contribution < 1.29 is 8.42 Å². The van der Waals surface area contributed by atoms with Crippen LogP contribution in [0.3, 0.4) is 0 Å². The first-order chi connectivity index (χ1) is 12.9. The highest BCUT2D eigenvalue weighted by Crippen LogP contribution is 2.25. The second kappa shape index (κ2) is 8.12. The number of hydrogen-bond donors (Lipinski definition) is 1. The highest BCUT2D eigenvalue weighted by molar-refractivity contribution is 7.92. The van der Waals surface area contributed by atoms with Crippen molar-refractivity contribution in [3.8, 4) is 0 Å². The van der Waals surface area contributed by atoms with Crippen molar-refractivity contribution in [2.75, 3.05) is 46.5 Å². The normalized spacial score (nSPS) is 15.1. The molecular formula is C19H27N5O2S. The third kappa shape index (κ3) is 4.68. The maximum Gasteiger partial charge on any atom is 0.233 e. The fourth-order valence-corrected chi connectivity index (χ4v) is 4.35. The topological polar surface area (TPSA) is 78.4 Å². The third-order valence-electron chi connectivity index (χ3n) is 4.90. The minimum atomic E-state index is -3.34. The fraction of sp³-hybridized carbons (Fsp3) is 0.474. The van der Waals surface area contributed by atoms with Gasteiger partial charge < -0.3 is 9.80 Å². The number of hydrogen-bond acceptors (Lipinski definition) is 6. The van der Waals surface area contributed by atoms with Gasteiger partial charge >= 0.3 is 0 Å². The Hall–Kier alpha value is -2.35. The Morgan fingerprint density at radius 1 is 1.00 bits per heavy atom. The molecule has 1 N–H and O–H groups in total. The molecule has 8 heteroatoms. The first-order valence-electron chi connectivity index (χ1n) is 9.30. The van der Waals surface area contributed by atoms with Crippen LogP contribution >= 0.6 is 0 Å². The van der Waals surface area contributed by atoms with E-state index < -0.39 is 10.0 Å². The second-order valence-electron chi connectivity index (χ2n) is 6.89. The van der Waals surface area contributed by atoms with E-state index in [-0.39, 0.29) is 11.6 Å². The summed E-state index contributed by atoms with van der Waals surface area (Å²) in [6, 6.07) is 9.92. The number of rotatable bonds is 6. The molecule has 0 saturated carbocycles. The Kier molecular flexibility index (Phi) is 5.84. The zero-order valence-corrected chi connectivity index (χ0v) is 17.0. The van der Waals surface area contributed by atoms with E-state index in [1.165, 1.54) is 16.8 Å². The van der Waals surface area contributed by atoms with Crippen molar-refractivity contribution in [2.24, 2.45) is 0 Å². The smallest absolute Gasteiger partial charge is 0.233 e. The van der Waals surface area contributed by atoms with Gasteiger partial charge in [0.25, 0.3) is 0 Å². The predicted molar refractivity (Wildman–Crippen MR) is 110 cm³/mol. The largest absolute Gasteiger partial charge is 0.368 e. The summed E-state index contributed by atoms with van der Waals surface area (Å²) in [7, 11) is -3.34.